The Morgan fingerprint density at radius 1 is 1.37 bits per heavy atom. The van der Waals surface area contributed by atoms with E-state index in [1.165, 1.54) is 30.8 Å². The number of amides is 3. The van der Waals surface area contributed by atoms with Gasteiger partial charge >= 0.3 is 11.8 Å². The molecule has 0 spiro atoms. The van der Waals surface area contributed by atoms with Crippen molar-refractivity contribution in [2.45, 2.75) is 17.4 Å². The van der Waals surface area contributed by atoms with E-state index in [9.17, 15) is 14.4 Å². The SMILES string of the molecule is COCO[C@H]1CCN2C(=O)C(=O)N(C)C(=O)[C@]12SC. The lowest BCUT2D eigenvalue weighted by atomic mass is 10.1. The highest BCUT2D eigenvalue weighted by atomic mass is 32.2. The second-order valence-corrected chi connectivity index (χ2v) is 5.41. The van der Waals surface area contributed by atoms with Gasteiger partial charge in [-0.25, -0.2) is 0 Å². The van der Waals surface area contributed by atoms with Gasteiger partial charge < -0.3 is 14.4 Å². The second kappa shape index (κ2) is 5.10. The van der Waals surface area contributed by atoms with E-state index in [0.29, 0.717) is 13.0 Å². The standard InChI is InChI=1S/C11H16N2O5S/c1-12-8(14)9(15)13-5-4-7(18-6-17-2)11(13,19-3)10(12)16/h7H,4-6H2,1-3H3/t7-,11+/m0/s1. The van der Waals surface area contributed by atoms with Crippen molar-refractivity contribution < 1.29 is 23.9 Å². The molecule has 0 aromatic rings. The summed E-state index contributed by atoms with van der Waals surface area (Å²) in [6, 6.07) is 0. The van der Waals surface area contributed by atoms with Crippen LogP contribution in [0.4, 0.5) is 0 Å². The molecule has 0 aromatic carbocycles. The summed E-state index contributed by atoms with van der Waals surface area (Å²) in [6.45, 7) is 0.374. The summed E-state index contributed by atoms with van der Waals surface area (Å²) in [4.78, 5) is 37.2. The van der Waals surface area contributed by atoms with Gasteiger partial charge in [-0.15, -0.1) is 11.8 Å². The van der Waals surface area contributed by atoms with Gasteiger partial charge in [-0.2, -0.15) is 0 Å². The Bertz CT molecular complexity index is 429. The molecule has 7 nitrogen and oxygen atoms in total. The molecule has 0 N–H and O–H groups in total. The molecule has 19 heavy (non-hydrogen) atoms. The first kappa shape index (κ1) is 14.3. The van der Waals surface area contributed by atoms with Crippen LogP contribution in [0.2, 0.25) is 0 Å². The largest absolute Gasteiger partial charge is 0.359 e. The predicted molar refractivity (Wildman–Crippen MR) is 67.1 cm³/mol. The summed E-state index contributed by atoms with van der Waals surface area (Å²) in [5, 5.41) is 0. The van der Waals surface area contributed by atoms with E-state index in [1.807, 2.05) is 0 Å². The molecule has 3 amide bonds. The van der Waals surface area contributed by atoms with Crippen molar-refractivity contribution in [3.8, 4) is 0 Å². The quantitative estimate of drug-likeness (QED) is 0.385. The van der Waals surface area contributed by atoms with E-state index >= 15 is 0 Å². The zero-order valence-corrected chi connectivity index (χ0v) is 11.9. The van der Waals surface area contributed by atoms with Crippen LogP contribution in [-0.4, -0.2) is 72.2 Å². The highest BCUT2D eigenvalue weighted by molar-refractivity contribution is 8.00. The number of fused-ring (bicyclic) bond motifs is 1. The normalized spacial score (nSPS) is 31.1. The third-order valence-electron chi connectivity index (χ3n) is 3.49. The number of imide groups is 1. The first-order valence-corrected chi connectivity index (χ1v) is 7.03. The van der Waals surface area contributed by atoms with Gasteiger partial charge in [0.2, 0.25) is 0 Å². The van der Waals surface area contributed by atoms with Crippen LogP contribution in [0, 0.1) is 0 Å². The summed E-state index contributed by atoms with van der Waals surface area (Å²) in [5.74, 6) is -1.86. The molecule has 2 heterocycles. The third-order valence-corrected chi connectivity index (χ3v) is 4.77. The first-order valence-electron chi connectivity index (χ1n) is 5.80. The number of rotatable bonds is 4. The molecule has 2 aliphatic rings. The Kier molecular flexibility index (Phi) is 3.84. The minimum absolute atomic E-state index is 0.0416. The number of nitrogens with zero attached hydrogens (tertiary/aromatic N) is 2. The Morgan fingerprint density at radius 3 is 2.63 bits per heavy atom. The Labute approximate surface area is 115 Å². The second-order valence-electron chi connectivity index (χ2n) is 4.38. The molecule has 8 heteroatoms. The van der Waals surface area contributed by atoms with E-state index in [4.69, 9.17) is 9.47 Å². The minimum Gasteiger partial charge on any atom is -0.359 e. The molecule has 0 unspecified atom stereocenters. The van der Waals surface area contributed by atoms with Gasteiger partial charge in [0, 0.05) is 20.7 Å². The molecule has 0 aromatic heterocycles. The number of hydrogen-bond acceptors (Lipinski definition) is 6. The molecular formula is C11H16N2O5S. The van der Waals surface area contributed by atoms with Gasteiger partial charge in [0.05, 0.1) is 0 Å². The predicted octanol–water partition coefficient (Wildman–Crippen LogP) is -0.734. The molecule has 2 aliphatic heterocycles. The Balaban J connectivity index is 2.38. The van der Waals surface area contributed by atoms with E-state index in [1.54, 1.807) is 6.26 Å². The van der Waals surface area contributed by atoms with Crippen LogP contribution < -0.4 is 0 Å². The van der Waals surface area contributed by atoms with E-state index in [0.717, 1.165) is 4.90 Å². The highest BCUT2D eigenvalue weighted by Gasteiger charge is 2.63. The molecule has 0 radical (unpaired) electrons. The van der Waals surface area contributed by atoms with Crippen molar-refractivity contribution >= 4 is 29.5 Å². The van der Waals surface area contributed by atoms with Crippen LogP contribution in [0.15, 0.2) is 0 Å². The molecule has 2 atom stereocenters. The highest BCUT2D eigenvalue weighted by Crippen LogP contribution is 2.43. The number of likely N-dealkylation sites (N-methyl/N-ethyl adjacent to an activating group) is 1. The third kappa shape index (κ3) is 1.86. The molecular weight excluding hydrogens is 272 g/mol. The molecule has 2 rings (SSSR count). The van der Waals surface area contributed by atoms with E-state index in [2.05, 4.69) is 0 Å². The number of hydrogen-bond donors (Lipinski definition) is 0. The summed E-state index contributed by atoms with van der Waals surface area (Å²) >= 11 is 1.22. The van der Waals surface area contributed by atoms with Crippen LogP contribution in [0.3, 0.4) is 0 Å². The maximum absolute atomic E-state index is 12.5. The van der Waals surface area contributed by atoms with Gasteiger partial charge in [-0.3, -0.25) is 19.3 Å². The summed E-state index contributed by atoms with van der Waals surface area (Å²) in [6.07, 6.45) is 1.76. The summed E-state index contributed by atoms with van der Waals surface area (Å²) in [5.41, 5.74) is 0. The number of thioether (sulfide) groups is 1. The molecule has 0 aliphatic carbocycles. The maximum atomic E-state index is 12.5. The van der Waals surface area contributed by atoms with Crippen LogP contribution >= 0.6 is 11.8 Å². The average molecular weight is 288 g/mol. The number of piperazine rings is 1. The van der Waals surface area contributed by atoms with Crippen molar-refractivity contribution in [3.05, 3.63) is 0 Å². The average Bonchev–Trinajstić information content (AvgIpc) is 2.80. The van der Waals surface area contributed by atoms with E-state index in [-0.39, 0.29) is 6.79 Å². The summed E-state index contributed by atoms with van der Waals surface area (Å²) in [7, 11) is 2.81. The number of ether oxygens (including phenoxy) is 2. The zero-order chi connectivity index (χ0) is 14.2. The lowest BCUT2D eigenvalue weighted by Gasteiger charge is -2.44. The van der Waals surface area contributed by atoms with E-state index < -0.39 is 28.7 Å². The van der Waals surface area contributed by atoms with Gasteiger partial charge in [0.1, 0.15) is 12.9 Å². The van der Waals surface area contributed by atoms with Gasteiger partial charge in [-0.05, 0) is 12.7 Å². The van der Waals surface area contributed by atoms with Crippen molar-refractivity contribution in [3.63, 3.8) is 0 Å². The van der Waals surface area contributed by atoms with Crippen molar-refractivity contribution in [1.29, 1.82) is 0 Å². The first-order chi connectivity index (χ1) is 9.00. The molecule has 0 saturated carbocycles. The van der Waals surface area contributed by atoms with Gasteiger partial charge in [-0.1, -0.05) is 0 Å². The monoisotopic (exact) mass is 288 g/mol. The van der Waals surface area contributed by atoms with Crippen LogP contribution in [0.1, 0.15) is 6.42 Å². The van der Waals surface area contributed by atoms with Gasteiger partial charge in [0.15, 0.2) is 4.87 Å². The maximum Gasteiger partial charge on any atom is 0.318 e. The minimum atomic E-state index is -1.15. The smallest absolute Gasteiger partial charge is 0.318 e. The number of carbonyl (C=O) groups excluding carboxylic acids is 3. The van der Waals surface area contributed by atoms with Crippen LogP contribution in [-0.2, 0) is 23.9 Å². The topological polar surface area (TPSA) is 76.2 Å². The van der Waals surface area contributed by atoms with Gasteiger partial charge in [0.25, 0.3) is 5.91 Å². The number of carbonyl (C=O) groups is 3. The zero-order valence-electron chi connectivity index (χ0n) is 11.0. The molecule has 2 saturated heterocycles. The molecule has 0 bridgehead atoms. The van der Waals surface area contributed by atoms with Crippen LogP contribution in [0.5, 0.6) is 0 Å². The lowest BCUT2D eigenvalue weighted by molar-refractivity contribution is -0.171. The fourth-order valence-electron chi connectivity index (χ4n) is 2.55. The molecule has 2 fully saturated rings. The van der Waals surface area contributed by atoms with Crippen molar-refractivity contribution in [1.82, 2.24) is 9.80 Å². The fraction of sp³-hybridized carbons (Fsp3) is 0.727. The number of methoxy groups -OCH3 is 1. The Morgan fingerprint density at radius 2 is 2.05 bits per heavy atom. The van der Waals surface area contributed by atoms with Crippen molar-refractivity contribution in [2.75, 3.05) is 33.8 Å². The van der Waals surface area contributed by atoms with Crippen LogP contribution in [0.25, 0.3) is 0 Å². The lowest BCUT2D eigenvalue weighted by Crippen LogP contribution is -2.68. The fourth-order valence-corrected chi connectivity index (χ4v) is 3.71. The van der Waals surface area contributed by atoms with Crippen molar-refractivity contribution in [2.24, 2.45) is 0 Å². The molecule has 106 valence electrons. The summed E-state index contributed by atoms with van der Waals surface area (Å²) < 4.78 is 10.4. The Hall–Kier alpha value is -1.12.